The fraction of sp³-hybridized carbons (Fsp3) is 0.571. The van der Waals surface area contributed by atoms with Crippen LogP contribution in [0.15, 0.2) is 18.2 Å². The number of carbonyl (C=O) groups excluding carboxylic acids is 1. The van der Waals surface area contributed by atoms with E-state index in [0.29, 0.717) is 11.8 Å². The Morgan fingerprint density at radius 1 is 1.42 bits per heavy atom. The molecular formula is C14H20N2O3. The highest BCUT2D eigenvalue weighted by molar-refractivity contribution is 5.73. The Labute approximate surface area is 113 Å². The molecule has 0 radical (unpaired) electrons. The van der Waals surface area contributed by atoms with E-state index in [0.717, 1.165) is 25.3 Å². The van der Waals surface area contributed by atoms with Crippen LogP contribution in [0, 0.1) is 11.8 Å². The predicted molar refractivity (Wildman–Crippen MR) is 70.7 cm³/mol. The van der Waals surface area contributed by atoms with E-state index in [1.807, 2.05) is 18.2 Å². The molecule has 1 fully saturated rings. The van der Waals surface area contributed by atoms with E-state index in [9.17, 15) is 4.79 Å². The Morgan fingerprint density at radius 3 is 2.89 bits per heavy atom. The van der Waals surface area contributed by atoms with Crippen LogP contribution < -0.4 is 4.74 Å². The highest BCUT2D eigenvalue weighted by Crippen LogP contribution is 2.25. The first-order valence-electron chi connectivity index (χ1n) is 6.44. The van der Waals surface area contributed by atoms with Gasteiger partial charge < -0.3 is 9.47 Å². The van der Waals surface area contributed by atoms with E-state index in [1.165, 1.54) is 7.11 Å². The third kappa shape index (κ3) is 3.23. The summed E-state index contributed by atoms with van der Waals surface area (Å²) in [5.41, 5.74) is 0.956. The molecule has 104 valence electrons. The first kappa shape index (κ1) is 13.8. The van der Waals surface area contributed by atoms with E-state index in [-0.39, 0.29) is 11.9 Å². The van der Waals surface area contributed by atoms with Gasteiger partial charge in [-0.2, -0.15) is 0 Å². The lowest BCUT2D eigenvalue weighted by molar-refractivity contribution is -0.146. The van der Waals surface area contributed by atoms with Gasteiger partial charge in [0.2, 0.25) is 5.88 Å². The molecule has 0 bridgehead atoms. The summed E-state index contributed by atoms with van der Waals surface area (Å²) in [5, 5.41) is 0. The van der Waals surface area contributed by atoms with Crippen LogP contribution in [0.4, 0.5) is 0 Å². The summed E-state index contributed by atoms with van der Waals surface area (Å²) in [6, 6.07) is 5.73. The van der Waals surface area contributed by atoms with Gasteiger partial charge in [-0.25, -0.2) is 4.98 Å². The molecule has 0 aromatic carbocycles. The van der Waals surface area contributed by atoms with Gasteiger partial charge >= 0.3 is 5.97 Å². The second-order valence-electron chi connectivity index (χ2n) is 4.97. The molecule has 1 aliphatic rings. The molecule has 0 N–H and O–H groups in total. The number of methoxy groups -OCH3 is 2. The minimum absolute atomic E-state index is 0.0318. The first-order valence-corrected chi connectivity index (χ1v) is 6.44. The maximum Gasteiger partial charge on any atom is 0.310 e. The number of pyridine rings is 1. The molecule has 0 saturated carbocycles. The van der Waals surface area contributed by atoms with Crippen molar-refractivity contribution in [3.8, 4) is 5.88 Å². The van der Waals surface area contributed by atoms with Crippen LogP contribution in [-0.2, 0) is 16.1 Å². The Kier molecular flexibility index (Phi) is 4.37. The summed E-state index contributed by atoms with van der Waals surface area (Å²) < 4.78 is 9.95. The first-order chi connectivity index (χ1) is 9.13. The number of likely N-dealkylation sites (tertiary alicyclic amines) is 1. The van der Waals surface area contributed by atoms with Crippen LogP contribution in [-0.4, -0.2) is 43.2 Å². The molecule has 2 heterocycles. The maximum atomic E-state index is 11.6. The van der Waals surface area contributed by atoms with Crippen molar-refractivity contribution >= 4 is 5.97 Å². The lowest BCUT2D eigenvalue weighted by Crippen LogP contribution is -2.24. The second-order valence-corrected chi connectivity index (χ2v) is 4.97. The summed E-state index contributed by atoms with van der Waals surface area (Å²) in [7, 11) is 3.05. The quantitative estimate of drug-likeness (QED) is 0.768. The average molecular weight is 264 g/mol. The van der Waals surface area contributed by atoms with Crippen molar-refractivity contribution in [1.82, 2.24) is 9.88 Å². The molecule has 5 heteroatoms. The lowest BCUT2D eigenvalue weighted by Gasteiger charge is -2.15. The van der Waals surface area contributed by atoms with Crippen molar-refractivity contribution in [2.45, 2.75) is 13.5 Å². The Morgan fingerprint density at radius 2 is 2.21 bits per heavy atom. The molecular weight excluding hydrogens is 244 g/mol. The molecule has 2 unspecified atom stereocenters. The van der Waals surface area contributed by atoms with Crippen LogP contribution >= 0.6 is 0 Å². The maximum absolute atomic E-state index is 11.6. The van der Waals surface area contributed by atoms with E-state index in [1.54, 1.807) is 7.11 Å². The van der Waals surface area contributed by atoms with Crippen LogP contribution in [0.2, 0.25) is 0 Å². The average Bonchev–Trinajstić information content (AvgIpc) is 2.79. The topological polar surface area (TPSA) is 51.7 Å². The normalized spacial score (nSPS) is 23.3. The third-order valence-electron chi connectivity index (χ3n) is 3.57. The van der Waals surface area contributed by atoms with Crippen molar-refractivity contribution in [1.29, 1.82) is 0 Å². The number of hydrogen-bond donors (Lipinski definition) is 0. The van der Waals surface area contributed by atoms with Gasteiger partial charge in [0.25, 0.3) is 0 Å². The molecule has 2 rings (SSSR count). The molecule has 2 atom stereocenters. The van der Waals surface area contributed by atoms with Crippen LogP contribution in [0.5, 0.6) is 5.88 Å². The molecule has 1 aliphatic heterocycles. The van der Waals surface area contributed by atoms with Crippen molar-refractivity contribution < 1.29 is 14.3 Å². The smallest absolute Gasteiger partial charge is 0.310 e. The summed E-state index contributed by atoms with van der Waals surface area (Å²) in [6.07, 6.45) is 0. The zero-order chi connectivity index (χ0) is 13.8. The molecule has 5 nitrogen and oxygen atoms in total. The molecule has 1 aromatic rings. The monoisotopic (exact) mass is 264 g/mol. The van der Waals surface area contributed by atoms with Crippen LogP contribution in [0.25, 0.3) is 0 Å². The Bertz CT molecular complexity index is 450. The van der Waals surface area contributed by atoms with Crippen LogP contribution in [0.1, 0.15) is 12.6 Å². The summed E-state index contributed by atoms with van der Waals surface area (Å²) in [4.78, 5) is 18.3. The Balaban J connectivity index is 1.99. The zero-order valence-electron chi connectivity index (χ0n) is 11.6. The standard InChI is InChI=1S/C14H20N2O3/c1-10-7-16(9-12(10)14(17)19-3)8-11-5-4-6-13(15-11)18-2/h4-6,10,12H,7-9H2,1-3H3. The number of esters is 1. The van der Waals surface area contributed by atoms with E-state index in [2.05, 4.69) is 16.8 Å². The highest BCUT2D eigenvalue weighted by atomic mass is 16.5. The predicted octanol–water partition coefficient (Wildman–Crippen LogP) is 1.33. The molecule has 0 amide bonds. The van der Waals surface area contributed by atoms with Gasteiger partial charge in [0, 0.05) is 25.7 Å². The van der Waals surface area contributed by atoms with Crippen molar-refractivity contribution in [3.63, 3.8) is 0 Å². The molecule has 1 saturated heterocycles. The lowest BCUT2D eigenvalue weighted by atomic mass is 9.99. The number of ether oxygens (including phenoxy) is 2. The van der Waals surface area contributed by atoms with Gasteiger partial charge in [-0.05, 0) is 12.0 Å². The fourth-order valence-corrected chi connectivity index (χ4v) is 2.54. The SMILES string of the molecule is COC(=O)C1CN(Cc2cccc(OC)n2)CC1C. The number of carbonyl (C=O) groups is 1. The van der Waals surface area contributed by atoms with E-state index < -0.39 is 0 Å². The largest absolute Gasteiger partial charge is 0.481 e. The molecule has 0 aliphatic carbocycles. The van der Waals surface area contributed by atoms with Crippen molar-refractivity contribution in [2.24, 2.45) is 11.8 Å². The van der Waals surface area contributed by atoms with Gasteiger partial charge in [-0.1, -0.05) is 13.0 Å². The van der Waals surface area contributed by atoms with E-state index in [4.69, 9.17) is 9.47 Å². The van der Waals surface area contributed by atoms with Gasteiger partial charge in [-0.15, -0.1) is 0 Å². The second kappa shape index (κ2) is 6.02. The van der Waals surface area contributed by atoms with Crippen molar-refractivity contribution in [2.75, 3.05) is 27.3 Å². The molecule has 1 aromatic heterocycles. The summed E-state index contributed by atoms with van der Waals surface area (Å²) >= 11 is 0. The summed E-state index contributed by atoms with van der Waals surface area (Å²) in [6.45, 7) is 4.43. The minimum atomic E-state index is -0.117. The van der Waals surface area contributed by atoms with Crippen LogP contribution in [0.3, 0.4) is 0 Å². The summed E-state index contributed by atoms with van der Waals surface area (Å²) in [5.74, 6) is 0.788. The van der Waals surface area contributed by atoms with Gasteiger partial charge in [0.05, 0.1) is 25.8 Å². The highest BCUT2D eigenvalue weighted by Gasteiger charge is 2.35. The van der Waals surface area contributed by atoms with Gasteiger partial charge in [0.1, 0.15) is 0 Å². The minimum Gasteiger partial charge on any atom is -0.481 e. The number of aromatic nitrogens is 1. The fourth-order valence-electron chi connectivity index (χ4n) is 2.54. The molecule has 19 heavy (non-hydrogen) atoms. The number of rotatable bonds is 4. The number of nitrogens with zero attached hydrogens (tertiary/aromatic N) is 2. The van der Waals surface area contributed by atoms with Gasteiger partial charge in [0.15, 0.2) is 0 Å². The zero-order valence-corrected chi connectivity index (χ0v) is 11.6. The molecule has 0 spiro atoms. The van der Waals surface area contributed by atoms with Crippen molar-refractivity contribution in [3.05, 3.63) is 23.9 Å². The third-order valence-corrected chi connectivity index (χ3v) is 3.57. The van der Waals surface area contributed by atoms with Gasteiger partial charge in [-0.3, -0.25) is 9.69 Å². The Hall–Kier alpha value is -1.62. The van der Waals surface area contributed by atoms with E-state index >= 15 is 0 Å². The number of hydrogen-bond acceptors (Lipinski definition) is 5.